The normalized spacial score (nSPS) is 13.1. The molecule has 0 spiro atoms. The fourth-order valence-electron chi connectivity index (χ4n) is 3.31. The molecular weight excluding hydrogens is 317 g/mol. The number of carbonyl (C=O) groups excluding carboxylic acids is 1. The second-order valence-electron chi connectivity index (χ2n) is 6.32. The third kappa shape index (κ3) is 3.05. The summed E-state index contributed by atoms with van der Waals surface area (Å²) in [6.07, 6.45) is 2.95. The van der Waals surface area contributed by atoms with Crippen LogP contribution in [0.25, 0.3) is 11.3 Å². The lowest BCUT2D eigenvalue weighted by atomic mass is 10.1. The van der Waals surface area contributed by atoms with Crippen molar-refractivity contribution in [3.05, 3.63) is 71.7 Å². The van der Waals surface area contributed by atoms with Crippen LogP contribution >= 0.6 is 0 Å². The van der Waals surface area contributed by atoms with Crippen LogP contribution in [0.4, 0.5) is 10.1 Å². The summed E-state index contributed by atoms with van der Waals surface area (Å²) in [7, 11) is 1.89. The van der Waals surface area contributed by atoms with Crippen LogP contribution in [0.1, 0.15) is 11.1 Å². The minimum atomic E-state index is -0.313. The second-order valence-corrected chi connectivity index (χ2v) is 6.32. The Morgan fingerprint density at radius 2 is 2.08 bits per heavy atom. The molecule has 3 aromatic rings. The number of rotatable bonds is 3. The number of hydrogen-bond donors (Lipinski definition) is 0. The van der Waals surface area contributed by atoms with Crippen LogP contribution in [0.2, 0.25) is 0 Å². The molecule has 2 aromatic carbocycles. The molecule has 4 nitrogen and oxygen atoms in total. The third-order valence-electron chi connectivity index (χ3n) is 4.53. The topological polar surface area (TPSA) is 38.1 Å². The highest BCUT2D eigenvalue weighted by atomic mass is 19.1. The van der Waals surface area contributed by atoms with E-state index >= 15 is 0 Å². The lowest BCUT2D eigenvalue weighted by Gasteiger charge is -2.17. The van der Waals surface area contributed by atoms with Gasteiger partial charge in [-0.25, -0.2) is 4.39 Å². The van der Waals surface area contributed by atoms with Crippen molar-refractivity contribution in [2.24, 2.45) is 7.05 Å². The van der Waals surface area contributed by atoms with Gasteiger partial charge in [-0.3, -0.25) is 9.48 Å². The first kappa shape index (κ1) is 15.6. The number of anilines is 1. The molecule has 2 heterocycles. The summed E-state index contributed by atoms with van der Waals surface area (Å²) in [4.78, 5) is 14.4. The first-order chi connectivity index (χ1) is 12.1. The molecule has 126 valence electrons. The smallest absolute Gasteiger partial charge is 0.231 e. The number of benzene rings is 2. The van der Waals surface area contributed by atoms with Crippen molar-refractivity contribution >= 4 is 11.6 Å². The van der Waals surface area contributed by atoms with Crippen LogP contribution in [-0.4, -0.2) is 22.2 Å². The van der Waals surface area contributed by atoms with Gasteiger partial charge in [-0.05, 0) is 47.9 Å². The van der Waals surface area contributed by atoms with E-state index in [2.05, 4.69) is 11.2 Å². The lowest BCUT2D eigenvalue weighted by molar-refractivity contribution is -0.117. The number of halogens is 1. The number of carbonyl (C=O) groups is 1. The Morgan fingerprint density at radius 3 is 2.84 bits per heavy atom. The number of aryl methyl sites for hydroxylation is 1. The summed E-state index contributed by atoms with van der Waals surface area (Å²) < 4.78 is 15.1. The molecule has 0 saturated carbocycles. The van der Waals surface area contributed by atoms with Gasteiger partial charge in [0.15, 0.2) is 0 Å². The molecule has 0 unspecified atom stereocenters. The molecule has 0 bridgehead atoms. The van der Waals surface area contributed by atoms with Gasteiger partial charge in [-0.15, -0.1) is 0 Å². The Kier molecular flexibility index (Phi) is 3.84. The van der Waals surface area contributed by atoms with Gasteiger partial charge in [0.2, 0.25) is 5.91 Å². The zero-order valence-corrected chi connectivity index (χ0v) is 13.9. The van der Waals surface area contributed by atoms with E-state index in [0.717, 1.165) is 28.9 Å². The molecule has 1 aliphatic heterocycles. The Hall–Kier alpha value is -2.95. The van der Waals surface area contributed by atoms with Crippen molar-refractivity contribution in [1.29, 1.82) is 0 Å². The van der Waals surface area contributed by atoms with Gasteiger partial charge in [0.1, 0.15) is 5.82 Å². The number of amides is 1. The maximum Gasteiger partial charge on any atom is 0.231 e. The van der Waals surface area contributed by atoms with E-state index < -0.39 is 0 Å². The standard InChI is InChI=1S/C20H18FN3O/c1-23-9-8-18(22-23)15-5-6-19-16(13-15)7-10-24(19)20(25)12-14-3-2-4-17(21)11-14/h2-6,8-9,11,13H,7,10,12H2,1H3. The number of fused-ring (bicyclic) bond motifs is 1. The van der Waals surface area contributed by atoms with E-state index in [1.165, 1.54) is 12.1 Å². The maximum absolute atomic E-state index is 13.3. The van der Waals surface area contributed by atoms with E-state index in [1.54, 1.807) is 21.7 Å². The lowest BCUT2D eigenvalue weighted by Crippen LogP contribution is -2.30. The highest BCUT2D eigenvalue weighted by molar-refractivity contribution is 5.97. The highest BCUT2D eigenvalue weighted by Gasteiger charge is 2.25. The quantitative estimate of drug-likeness (QED) is 0.736. The molecule has 1 aromatic heterocycles. The average Bonchev–Trinajstić information content (AvgIpc) is 3.20. The third-order valence-corrected chi connectivity index (χ3v) is 4.53. The predicted molar refractivity (Wildman–Crippen MR) is 94.8 cm³/mol. The van der Waals surface area contributed by atoms with E-state index in [1.807, 2.05) is 31.4 Å². The fourth-order valence-corrected chi connectivity index (χ4v) is 3.31. The van der Waals surface area contributed by atoms with Gasteiger partial charge >= 0.3 is 0 Å². The van der Waals surface area contributed by atoms with Gasteiger partial charge in [-0.1, -0.05) is 18.2 Å². The molecule has 1 amide bonds. The first-order valence-electron chi connectivity index (χ1n) is 8.28. The molecule has 0 radical (unpaired) electrons. The minimum absolute atomic E-state index is 0.00469. The molecule has 4 rings (SSSR count). The van der Waals surface area contributed by atoms with Crippen molar-refractivity contribution in [1.82, 2.24) is 9.78 Å². The van der Waals surface area contributed by atoms with Gasteiger partial charge in [-0.2, -0.15) is 5.10 Å². The van der Waals surface area contributed by atoms with Crippen LogP contribution < -0.4 is 4.90 Å². The fraction of sp³-hybridized carbons (Fsp3) is 0.200. The summed E-state index contributed by atoms with van der Waals surface area (Å²) in [6.45, 7) is 0.662. The molecule has 25 heavy (non-hydrogen) atoms. The first-order valence-corrected chi connectivity index (χ1v) is 8.28. The van der Waals surface area contributed by atoms with Crippen LogP contribution in [0, 0.1) is 5.82 Å². The molecule has 5 heteroatoms. The predicted octanol–water partition coefficient (Wildman–Crippen LogP) is 3.36. The number of aromatic nitrogens is 2. The zero-order chi connectivity index (χ0) is 17.4. The van der Waals surface area contributed by atoms with Crippen LogP contribution in [0.15, 0.2) is 54.7 Å². The van der Waals surface area contributed by atoms with Gasteiger partial charge < -0.3 is 4.90 Å². The van der Waals surface area contributed by atoms with E-state index in [9.17, 15) is 9.18 Å². The molecule has 0 N–H and O–H groups in total. The Bertz CT molecular complexity index is 948. The summed E-state index contributed by atoms with van der Waals surface area (Å²) >= 11 is 0. The molecule has 0 atom stereocenters. The van der Waals surface area contributed by atoms with Crippen molar-refractivity contribution in [3.63, 3.8) is 0 Å². The van der Waals surface area contributed by atoms with Crippen LogP contribution in [-0.2, 0) is 24.7 Å². The Labute approximate surface area is 145 Å². The Morgan fingerprint density at radius 1 is 1.20 bits per heavy atom. The van der Waals surface area contributed by atoms with Gasteiger partial charge in [0.25, 0.3) is 0 Å². The van der Waals surface area contributed by atoms with E-state index in [-0.39, 0.29) is 18.1 Å². The average molecular weight is 335 g/mol. The number of nitrogens with zero attached hydrogens (tertiary/aromatic N) is 3. The SMILES string of the molecule is Cn1ccc(-c2ccc3c(c2)CCN3C(=O)Cc2cccc(F)c2)n1. The molecule has 0 saturated heterocycles. The van der Waals surface area contributed by atoms with Crippen LogP contribution in [0.5, 0.6) is 0 Å². The summed E-state index contributed by atoms with van der Waals surface area (Å²) in [5, 5.41) is 4.43. The zero-order valence-electron chi connectivity index (χ0n) is 13.9. The largest absolute Gasteiger partial charge is 0.312 e. The minimum Gasteiger partial charge on any atom is -0.312 e. The molecule has 0 aliphatic carbocycles. The maximum atomic E-state index is 13.3. The number of hydrogen-bond acceptors (Lipinski definition) is 2. The summed E-state index contributed by atoms with van der Waals surface area (Å²) in [5.41, 5.74) is 4.77. The van der Waals surface area contributed by atoms with Gasteiger partial charge in [0, 0.05) is 31.0 Å². The Balaban J connectivity index is 1.56. The van der Waals surface area contributed by atoms with Crippen LogP contribution in [0.3, 0.4) is 0 Å². The van der Waals surface area contributed by atoms with Crippen molar-refractivity contribution in [3.8, 4) is 11.3 Å². The van der Waals surface area contributed by atoms with E-state index in [0.29, 0.717) is 12.1 Å². The molecule has 1 aliphatic rings. The van der Waals surface area contributed by atoms with Crippen molar-refractivity contribution in [2.75, 3.05) is 11.4 Å². The van der Waals surface area contributed by atoms with Crippen molar-refractivity contribution < 1.29 is 9.18 Å². The highest BCUT2D eigenvalue weighted by Crippen LogP contribution is 2.32. The molecule has 0 fully saturated rings. The summed E-state index contributed by atoms with van der Waals surface area (Å²) in [5.74, 6) is -0.318. The molecular formula is C20H18FN3O. The summed E-state index contributed by atoms with van der Waals surface area (Å²) in [6, 6.07) is 14.3. The van der Waals surface area contributed by atoms with Crippen molar-refractivity contribution in [2.45, 2.75) is 12.8 Å². The second kappa shape index (κ2) is 6.16. The monoisotopic (exact) mass is 335 g/mol. The van der Waals surface area contributed by atoms with E-state index in [4.69, 9.17) is 0 Å². The van der Waals surface area contributed by atoms with Gasteiger partial charge in [0.05, 0.1) is 12.1 Å².